The van der Waals surface area contributed by atoms with Crippen molar-refractivity contribution < 1.29 is 0 Å². The summed E-state index contributed by atoms with van der Waals surface area (Å²) in [5.41, 5.74) is 2.48. The number of benzene rings is 1. The maximum atomic E-state index is 4.47. The van der Waals surface area contributed by atoms with E-state index in [0.717, 1.165) is 16.5 Å². The Morgan fingerprint density at radius 1 is 1.19 bits per heavy atom. The van der Waals surface area contributed by atoms with Crippen molar-refractivity contribution in [1.29, 1.82) is 0 Å². The van der Waals surface area contributed by atoms with Crippen molar-refractivity contribution in [2.75, 3.05) is 12.8 Å². The van der Waals surface area contributed by atoms with E-state index in [1.807, 2.05) is 12.3 Å². The zero-order valence-corrected chi connectivity index (χ0v) is 13.5. The van der Waals surface area contributed by atoms with Crippen LogP contribution in [0.4, 0.5) is 0 Å². The van der Waals surface area contributed by atoms with Crippen LogP contribution in [-0.4, -0.2) is 23.0 Å². The fraction of sp³-hybridized carbons (Fsp3) is 0.500. The van der Waals surface area contributed by atoms with Crippen LogP contribution in [0.15, 0.2) is 36.5 Å². The summed E-state index contributed by atoms with van der Waals surface area (Å²) >= 11 is 2.15. The molecular formula is C18H24N2S. The molecule has 1 aromatic carbocycles. The van der Waals surface area contributed by atoms with Crippen LogP contribution in [0.5, 0.6) is 0 Å². The quantitative estimate of drug-likeness (QED) is 0.876. The Hall–Kier alpha value is -1.06. The predicted octanol–water partition coefficient (Wildman–Crippen LogP) is 4.56. The molecule has 1 fully saturated rings. The molecule has 0 radical (unpaired) electrons. The summed E-state index contributed by atoms with van der Waals surface area (Å²) in [6, 6.07) is 11.1. The molecule has 0 saturated heterocycles. The molecule has 0 bridgehead atoms. The van der Waals surface area contributed by atoms with Crippen LogP contribution < -0.4 is 5.32 Å². The fourth-order valence-electron chi connectivity index (χ4n) is 3.22. The number of hydrogen-bond donors (Lipinski definition) is 1. The number of rotatable bonds is 5. The van der Waals surface area contributed by atoms with Crippen LogP contribution >= 0.6 is 11.8 Å². The molecule has 1 aliphatic rings. The normalized spacial score (nSPS) is 18.0. The fourth-order valence-corrected chi connectivity index (χ4v) is 4.70. The number of nitrogens with zero attached hydrogens (tertiary/aromatic N) is 1. The van der Waals surface area contributed by atoms with Crippen molar-refractivity contribution in [2.24, 2.45) is 0 Å². The van der Waals surface area contributed by atoms with Gasteiger partial charge in [-0.05, 0) is 37.6 Å². The first-order valence-corrected chi connectivity index (χ1v) is 9.06. The van der Waals surface area contributed by atoms with E-state index in [9.17, 15) is 0 Å². The molecule has 2 nitrogen and oxygen atoms in total. The Balaban J connectivity index is 1.75. The molecule has 1 unspecified atom stereocenters. The smallest absolute Gasteiger partial charge is 0.0705 e. The lowest BCUT2D eigenvalue weighted by atomic mass is 10.0. The Labute approximate surface area is 131 Å². The second kappa shape index (κ2) is 7.28. The van der Waals surface area contributed by atoms with E-state index >= 15 is 0 Å². The van der Waals surface area contributed by atoms with Gasteiger partial charge in [-0.25, -0.2) is 0 Å². The van der Waals surface area contributed by atoms with E-state index in [1.54, 1.807) is 0 Å². The first kappa shape index (κ1) is 14.9. The molecule has 3 rings (SSSR count). The van der Waals surface area contributed by atoms with Gasteiger partial charge in [0.1, 0.15) is 0 Å². The molecule has 1 saturated carbocycles. The number of pyridine rings is 1. The zero-order valence-electron chi connectivity index (χ0n) is 12.7. The number of fused-ring (bicyclic) bond motifs is 1. The summed E-state index contributed by atoms with van der Waals surface area (Å²) in [6.45, 7) is 0. The van der Waals surface area contributed by atoms with Crippen LogP contribution in [0.25, 0.3) is 10.9 Å². The highest BCUT2D eigenvalue weighted by Gasteiger charge is 2.18. The van der Waals surface area contributed by atoms with Gasteiger partial charge in [-0.1, -0.05) is 37.5 Å². The molecule has 2 aromatic rings. The van der Waals surface area contributed by atoms with Gasteiger partial charge in [0.05, 0.1) is 5.52 Å². The van der Waals surface area contributed by atoms with Crippen molar-refractivity contribution in [1.82, 2.24) is 10.3 Å². The van der Waals surface area contributed by atoms with Gasteiger partial charge < -0.3 is 5.32 Å². The van der Waals surface area contributed by atoms with Gasteiger partial charge in [0.15, 0.2) is 0 Å². The van der Waals surface area contributed by atoms with Crippen LogP contribution in [-0.2, 0) is 0 Å². The summed E-state index contributed by atoms with van der Waals surface area (Å²) in [7, 11) is 2.07. The van der Waals surface area contributed by atoms with Crippen molar-refractivity contribution in [3.05, 3.63) is 42.1 Å². The Bertz CT molecular complexity index is 573. The Kier molecular flexibility index (Phi) is 5.15. The summed E-state index contributed by atoms with van der Waals surface area (Å²) in [5.74, 6) is 1.15. The second-order valence-corrected chi connectivity index (χ2v) is 7.19. The third-order valence-corrected chi connectivity index (χ3v) is 5.92. The molecule has 0 amide bonds. The van der Waals surface area contributed by atoms with Crippen molar-refractivity contribution in [3.8, 4) is 0 Å². The molecule has 1 heterocycles. The number of aromatic nitrogens is 1. The third kappa shape index (κ3) is 3.58. The predicted molar refractivity (Wildman–Crippen MR) is 92.9 cm³/mol. The Morgan fingerprint density at radius 3 is 2.86 bits per heavy atom. The topological polar surface area (TPSA) is 24.9 Å². The van der Waals surface area contributed by atoms with Crippen LogP contribution in [0.2, 0.25) is 0 Å². The van der Waals surface area contributed by atoms with E-state index < -0.39 is 0 Å². The highest BCUT2D eigenvalue weighted by Crippen LogP contribution is 2.32. The standard InChI is InChI=1S/C18H24N2S/c1-19-18(13-21-14-7-3-2-4-8-14)16-9-5-11-17-15(16)10-6-12-20-17/h5-6,9-12,14,18-19H,2-4,7-8,13H2,1H3. The SMILES string of the molecule is CNC(CSC1CCCCC1)c1cccc2ncccc12. The van der Waals surface area contributed by atoms with Gasteiger partial charge in [0, 0.05) is 28.6 Å². The van der Waals surface area contributed by atoms with E-state index in [4.69, 9.17) is 0 Å². The molecule has 3 heteroatoms. The maximum Gasteiger partial charge on any atom is 0.0705 e. The molecular weight excluding hydrogens is 276 g/mol. The summed E-state index contributed by atoms with van der Waals surface area (Å²) in [4.78, 5) is 4.47. The van der Waals surface area contributed by atoms with Gasteiger partial charge in [-0.3, -0.25) is 4.98 Å². The monoisotopic (exact) mass is 300 g/mol. The minimum atomic E-state index is 0.407. The van der Waals surface area contributed by atoms with Crippen molar-refractivity contribution in [3.63, 3.8) is 0 Å². The number of nitrogens with one attached hydrogen (secondary N) is 1. The molecule has 21 heavy (non-hydrogen) atoms. The molecule has 112 valence electrons. The lowest BCUT2D eigenvalue weighted by Crippen LogP contribution is -2.21. The lowest BCUT2D eigenvalue weighted by Gasteiger charge is -2.24. The average molecular weight is 300 g/mol. The minimum absolute atomic E-state index is 0.407. The van der Waals surface area contributed by atoms with E-state index in [-0.39, 0.29) is 0 Å². The molecule has 1 atom stereocenters. The molecule has 0 aliphatic heterocycles. The lowest BCUT2D eigenvalue weighted by molar-refractivity contribution is 0.515. The average Bonchev–Trinajstić information content (AvgIpc) is 2.56. The van der Waals surface area contributed by atoms with Gasteiger partial charge in [-0.15, -0.1) is 0 Å². The highest BCUT2D eigenvalue weighted by atomic mass is 32.2. The third-order valence-electron chi connectivity index (χ3n) is 4.45. The van der Waals surface area contributed by atoms with Crippen molar-refractivity contribution in [2.45, 2.75) is 43.4 Å². The number of thioether (sulfide) groups is 1. The van der Waals surface area contributed by atoms with E-state index in [1.165, 1.54) is 43.1 Å². The number of hydrogen-bond acceptors (Lipinski definition) is 3. The van der Waals surface area contributed by atoms with Gasteiger partial charge in [-0.2, -0.15) is 11.8 Å². The molecule has 1 aliphatic carbocycles. The highest BCUT2D eigenvalue weighted by molar-refractivity contribution is 7.99. The minimum Gasteiger partial charge on any atom is -0.312 e. The molecule has 0 spiro atoms. The van der Waals surface area contributed by atoms with E-state index in [2.05, 4.69) is 53.4 Å². The summed E-state index contributed by atoms with van der Waals surface area (Å²) < 4.78 is 0. The zero-order chi connectivity index (χ0) is 14.5. The second-order valence-electron chi connectivity index (χ2n) is 5.85. The van der Waals surface area contributed by atoms with Crippen LogP contribution in [0.3, 0.4) is 0 Å². The van der Waals surface area contributed by atoms with Gasteiger partial charge in [0.2, 0.25) is 0 Å². The molecule has 1 aromatic heterocycles. The van der Waals surface area contributed by atoms with Gasteiger partial charge >= 0.3 is 0 Å². The largest absolute Gasteiger partial charge is 0.312 e. The first-order valence-electron chi connectivity index (χ1n) is 8.01. The summed E-state index contributed by atoms with van der Waals surface area (Å²) in [6.07, 6.45) is 8.94. The Morgan fingerprint density at radius 2 is 2.05 bits per heavy atom. The molecule has 1 N–H and O–H groups in total. The van der Waals surface area contributed by atoms with Crippen LogP contribution in [0.1, 0.15) is 43.7 Å². The van der Waals surface area contributed by atoms with Crippen LogP contribution in [0, 0.1) is 0 Å². The van der Waals surface area contributed by atoms with Gasteiger partial charge in [0.25, 0.3) is 0 Å². The van der Waals surface area contributed by atoms with Crippen molar-refractivity contribution >= 4 is 22.7 Å². The maximum absolute atomic E-state index is 4.47. The summed E-state index contributed by atoms with van der Waals surface area (Å²) in [5, 5.41) is 5.65. The first-order chi connectivity index (χ1) is 10.4. The van der Waals surface area contributed by atoms with E-state index in [0.29, 0.717) is 6.04 Å².